The Bertz CT molecular complexity index is 1100. The van der Waals surface area contributed by atoms with Gasteiger partial charge in [0.25, 0.3) is 5.91 Å². The van der Waals surface area contributed by atoms with Crippen molar-refractivity contribution >= 4 is 34.3 Å². The van der Waals surface area contributed by atoms with E-state index < -0.39 is 23.6 Å². The first-order valence-corrected chi connectivity index (χ1v) is 9.94. The summed E-state index contributed by atoms with van der Waals surface area (Å²) in [4.78, 5) is 26.6. The summed E-state index contributed by atoms with van der Waals surface area (Å²) in [6.45, 7) is 1.45. The van der Waals surface area contributed by atoms with E-state index in [0.29, 0.717) is 16.3 Å². The molecule has 1 aliphatic heterocycles. The SMILES string of the molecule is C[C@]1(c2ccc3ccccc3c2)NC(=O)N(CC(O)COc2ccc(Cl)cc2)C1=O. The van der Waals surface area contributed by atoms with Crippen molar-refractivity contribution in [3.8, 4) is 5.75 Å². The van der Waals surface area contributed by atoms with Gasteiger partial charge in [0.05, 0.1) is 6.54 Å². The van der Waals surface area contributed by atoms with Crippen molar-refractivity contribution in [2.45, 2.75) is 18.6 Å². The Morgan fingerprint density at radius 1 is 1.07 bits per heavy atom. The molecule has 30 heavy (non-hydrogen) atoms. The van der Waals surface area contributed by atoms with Crippen molar-refractivity contribution in [1.82, 2.24) is 10.2 Å². The monoisotopic (exact) mass is 424 g/mol. The number of nitrogens with one attached hydrogen (secondary N) is 1. The Hall–Kier alpha value is -3.09. The highest BCUT2D eigenvalue weighted by Crippen LogP contribution is 2.31. The number of carbonyl (C=O) groups excluding carboxylic acids is 2. The first kappa shape index (κ1) is 20.2. The van der Waals surface area contributed by atoms with Crippen molar-refractivity contribution in [1.29, 1.82) is 0 Å². The molecule has 2 N–H and O–H groups in total. The van der Waals surface area contributed by atoms with E-state index in [1.54, 1.807) is 31.2 Å². The molecular weight excluding hydrogens is 404 g/mol. The molecule has 3 amide bonds. The van der Waals surface area contributed by atoms with Crippen LogP contribution in [0.15, 0.2) is 66.7 Å². The molecule has 0 aliphatic carbocycles. The van der Waals surface area contributed by atoms with E-state index >= 15 is 0 Å². The molecule has 4 rings (SSSR count). The molecule has 7 heteroatoms. The average Bonchev–Trinajstić information content (AvgIpc) is 2.97. The summed E-state index contributed by atoms with van der Waals surface area (Å²) < 4.78 is 5.51. The first-order valence-electron chi connectivity index (χ1n) is 9.56. The highest BCUT2D eigenvalue weighted by molar-refractivity contribution is 6.30. The molecular formula is C23H21ClN2O4. The number of hydrogen-bond donors (Lipinski definition) is 2. The molecule has 3 aromatic carbocycles. The highest BCUT2D eigenvalue weighted by atomic mass is 35.5. The predicted octanol–water partition coefficient (Wildman–Crippen LogP) is 3.70. The number of imide groups is 1. The second-order valence-electron chi connectivity index (χ2n) is 7.45. The molecule has 1 aliphatic rings. The zero-order valence-corrected chi connectivity index (χ0v) is 17.1. The molecule has 154 valence electrons. The fourth-order valence-electron chi connectivity index (χ4n) is 3.55. The molecule has 3 aromatic rings. The van der Waals surface area contributed by atoms with Crippen LogP contribution in [-0.4, -0.2) is 41.2 Å². The largest absolute Gasteiger partial charge is 0.491 e. The third-order valence-corrected chi connectivity index (χ3v) is 5.50. The van der Waals surface area contributed by atoms with Gasteiger partial charge in [-0.15, -0.1) is 0 Å². The van der Waals surface area contributed by atoms with E-state index in [2.05, 4.69) is 5.32 Å². The molecule has 1 unspecified atom stereocenters. The summed E-state index contributed by atoms with van der Waals surface area (Å²) in [5, 5.41) is 15.7. The van der Waals surface area contributed by atoms with Crippen LogP contribution in [0.3, 0.4) is 0 Å². The molecule has 1 saturated heterocycles. The standard InChI is InChI=1S/C23H21ClN2O4/c1-23(17-7-6-15-4-2-3-5-16(15)12-17)21(28)26(22(29)25-23)13-19(27)14-30-20-10-8-18(24)9-11-20/h2-12,19,27H,13-14H2,1H3,(H,25,29)/t19?,23-/m1/s1. The lowest BCUT2D eigenvalue weighted by molar-refractivity contribution is -0.132. The quantitative estimate of drug-likeness (QED) is 0.591. The van der Waals surface area contributed by atoms with E-state index in [9.17, 15) is 14.7 Å². The summed E-state index contributed by atoms with van der Waals surface area (Å²) in [7, 11) is 0. The lowest BCUT2D eigenvalue weighted by Crippen LogP contribution is -2.42. The summed E-state index contributed by atoms with van der Waals surface area (Å²) in [5.74, 6) is 0.130. The van der Waals surface area contributed by atoms with Crippen LogP contribution in [0, 0.1) is 0 Å². The molecule has 2 atom stereocenters. The minimum absolute atomic E-state index is 0.0641. The number of urea groups is 1. The maximum Gasteiger partial charge on any atom is 0.325 e. The van der Waals surface area contributed by atoms with Crippen molar-refractivity contribution in [3.63, 3.8) is 0 Å². The van der Waals surface area contributed by atoms with E-state index in [4.69, 9.17) is 16.3 Å². The predicted molar refractivity (Wildman–Crippen MR) is 114 cm³/mol. The second kappa shape index (κ2) is 7.97. The van der Waals surface area contributed by atoms with E-state index in [1.165, 1.54) is 0 Å². The van der Waals surface area contributed by atoms with E-state index in [1.807, 2.05) is 42.5 Å². The van der Waals surface area contributed by atoms with Crippen molar-refractivity contribution < 1.29 is 19.4 Å². The molecule has 6 nitrogen and oxygen atoms in total. The van der Waals surface area contributed by atoms with Crippen molar-refractivity contribution in [2.24, 2.45) is 0 Å². The number of fused-ring (bicyclic) bond motifs is 1. The van der Waals surface area contributed by atoms with Crippen molar-refractivity contribution in [2.75, 3.05) is 13.2 Å². The maximum absolute atomic E-state index is 13.1. The number of β-amino-alcohol motifs (C(OH)–C–C–N with tert-alkyl or cyclic N) is 1. The number of rotatable bonds is 6. The maximum atomic E-state index is 13.1. The number of benzene rings is 3. The number of ether oxygens (including phenoxy) is 1. The summed E-state index contributed by atoms with van der Waals surface area (Å²) in [5.41, 5.74) is -0.508. The fourth-order valence-corrected chi connectivity index (χ4v) is 3.67. The average molecular weight is 425 g/mol. The third-order valence-electron chi connectivity index (χ3n) is 5.25. The van der Waals surface area contributed by atoms with Crippen LogP contribution in [-0.2, 0) is 10.3 Å². The first-order chi connectivity index (χ1) is 14.4. The smallest absolute Gasteiger partial charge is 0.325 e. The van der Waals surface area contributed by atoms with Gasteiger partial charge in [0.15, 0.2) is 0 Å². The summed E-state index contributed by atoms with van der Waals surface area (Å²) >= 11 is 5.84. The minimum atomic E-state index is -1.20. The number of aliphatic hydroxyl groups is 1. The Morgan fingerprint density at radius 3 is 2.50 bits per heavy atom. The molecule has 0 bridgehead atoms. The number of hydrogen-bond acceptors (Lipinski definition) is 4. The lowest BCUT2D eigenvalue weighted by atomic mass is 9.90. The van der Waals surface area contributed by atoms with Crippen LogP contribution in [0.2, 0.25) is 5.02 Å². The zero-order valence-electron chi connectivity index (χ0n) is 16.3. The minimum Gasteiger partial charge on any atom is -0.491 e. The van der Waals surface area contributed by atoms with Crippen LogP contribution in [0.1, 0.15) is 12.5 Å². The Balaban J connectivity index is 1.46. The Morgan fingerprint density at radius 2 is 1.77 bits per heavy atom. The Kier molecular flexibility index (Phi) is 5.37. The number of halogens is 1. The molecule has 0 spiro atoms. The fraction of sp³-hybridized carbons (Fsp3) is 0.217. The summed E-state index contributed by atoms with van der Waals surface area (Å²) in [6.07, 6.45) is -1.03. The number of amides is 3. The van der Waals surface area contributed by atoms with Crippen LogP contribution >= 0.6 is 11.6 Å². The van der Waals surface area contributed by atoms with E-state index in [0.717, 1.165) is 15.7 Å². The molecule has 0 saturated carbocycles. The normalized spacial score (nSPS) is 19.8. The summed E-state index contributed by atoms with van der Waals surface area (Å²) in [6, 6.07) is 19.6. The van der Waals surface area contributed by atoms with Crippen molar-refractivity contribution in [3.05, 3.63) is 77.3 Å². The second-order valence-corrected chi connectivity index (χ2v) is 7.89. The molecule has 0 radical (unpaired) electrons. The van der Waals surface area contributed by atoms with Crippen LogP contribution in [0.25, 0.3) is 10.8 Å². The van der Waals surface area contributed by atoms with Gasteiger partial charge in [-0.2, -0.15) is 0 Å². The molecule has 0 aromatic heterocycles. The number of nitrogens with zero attached hydrogens (tertiary/aromatic N) is 1. The molecule has 1 heterocycles. The van der Waals surface area contributed by atoms with Gasteiger partial charge in [0.1, 0.15) is 24.0 Å². The van der Waals surface area contributed by atoms with Gasteiger partial charge >= 0.3 is 6.03 Å². The van der Waals surface area contributed by atoms with Gasteiger partial charge in [-0.25, -0.2) is 4.79 Å². The van der Waals surface area contributed by atoms with E-state index in [-0.39, 0.29) is 13.2 Å². The lowest BCUT2D eigenvalue weighted by Gasteiger charge is -2.23. The van der Waals surface area contributed by atoms with Gasteiger partial charge in [-0.05, 0) is 53.6 Å². The van der Waals surface area contributed by atoms with Gasteiger partial charge in [-0.1, -0.05) is 48.0 Å². The van der Waals surface area contributed by atoms with Crippen LogP contribution in [0.5, 0.6) is 5.75 Å². The Labute approximate surface area is 179 Å². The van der Waals surface area contributed by atoms with Crippen LogP contribution in [0.4, 0.5) is 4.79 Å². The zero-order chi connectivity index (χ0) is 21.3. The van der Waals surface area contributed by atoms with Gasteiger partial charge in [-0.3, -0.25) is 9.69 Å². The van der Waals surface area contributed by atoms with Gasteiger partial charge < -0.3 is 15.2 Å². The molecule has 1 fully saturated rings. The topological polar surface area (TPSA) is 78.9 Å². The highest BCUT2D eigenvalue weighted by Gasteiger charge is 2.49. The number of aliphatic hydroxyl groups excluding tert-OH is 1. The number of carbonyl (C=O) groups is 2. The third kappa shape index (κ3) is 3.84. The van der Waals surface area contributed by atoms with Crippen LogP contribution < -0.4 is 10.1 Å². The van der Waals surface area contributed by atoms with Gasteiger partial charge in [0, 0.05) is 5.02 Å². The van der Waals surface area contributed by atoms with Gasteiger partial charge in [0.2, 0.25) is 0 Å².